The number of benzene rings is 1. The second-order valence-corrected chi connectivity index (χ2v) is 5.14. The number of thioether (sulfide) groups is 1. The molecule has 1 aromatic carbocycles. The lowest BCUT2D eigenvalue weighted by Gasteiger charge is -2.14. The summed E-state index contributed by atoms with van der Waals surface area (Å²) in [6.07, 6.45) is -0.360. The van der Waals surface area contributed by atoms with Crippen LogP contribution in [0.1, 0.15) is 19.4 Å². The summed E-state index contributed by atoms with van der Waals surface area (Å²) in [5.41, 5.74) is 1.02. The Morgan fingerprint density at radius 2 is 1.82 bits per heavy atom. The van der Waals surface area contributed by atoms with E-state index in [0.717, 1.165) is 11.3 Å². The third-order valence-corrected chi connectivity index (χ3v) is 3.76. The highest BCUT2D eigenvalue weighted by molar-refractivity contribution is 7.99. The van der Waals surface area contributed by atoms with Gasteiger partial charge in [0.15, 0.2) is 0 Å². The van der Waals surface area contributed by atoms with Crippen molar-refractivity contribution in [3.05, 3.63) is 29.8 Å². The molecule has 2 nitrogen and oxygen atoms in total. The second kappa shape index (κ2) is 6.81. The molecule has 0 heterocycles. The molecule has 0 unspecified atom stereocenters. The predicted octanol–water partition coefficient (Wildman–Crippen LogP) is 3.29. The Bertz CT molecular complexity index is 328. The van der Waals surface area contributed by atoms with E-state index in [4.69, 9.17) is 0 Å². The Balaban J connectivity index is 2.45. The highest BCUT2D eigenvalue weighted by Gasteiger charge is 2.09. The van der Waals surface area contributed by atoms with Crippen LogP contribution in [0, 0.1) is 0 Å². The van der Waals surface area contributed by atoms with Crippen LogP contribution in [0.15, 0.2) is 24.3 Å². The van der Waals surface area contributed by atoms with Gasteiger partial charge in [-0.3, -0.25) is 0 Å². The average molecular weight is 262 g/mol. The third-order valence-electron chi connectivity index (χ3n) is 2.34. The van der Waals surface area contributed by atoms with Gasteiger partial charge in [-0.2, -0.15) is 20.5 Å². The van der Waals surface area contributed by atoms with Crippen LogP contribution in [-0.2, 0) is 5.75 Å². The van der Waals surface area contributed by atoms with Crippen LogP contribution in [0.4, 0.5) is 8.78 Å². The summed E-state index contributed by atoms with van der Waals surface area (Å²) in [4.78, 5) is 0. The summed E-state index contributed by atoms with van der Waals surface area (Å²) in [7, 11) is 0. The van der Waals surface area contributed by atoms with E-state index in [1.807, 2.05) is 6.92 Å². The zero-order valence-corrected chi connectivity index (χ0v) is 10.6. The molecule has 0 aromatic heterocycles. The van der Waals surface area contributed by atoms with Crippen LogP contribution in [0.2, 0.25) is 0 Å². The molecule has 0 saturated carbocycles. The van der Waals surface area contributed by atoms with Crippen LogP contribution in [0.3, 0.4) is 0 Å². The molecule has 0 spiro atoms. The third kappa shape index (κ3) is 5.37. The maximum absolute atomic E-state index is 11.9. The fourth-order valence-corrected chi connectivity index (χ4v) is 2.06. The standard InChI is InChI=1S/C12H16F2O2S/c1-8(15)9(2)17-7-10-3-5-11(6-4-10)16-12(13)14/h3-6,8-9,12,15H,7H2,1-2H3/t8-,9+/m0/s1. The maximum atomic E-state index is 11.9. The van der Waals surface area contributed by atoms with Crippen LogP contribution < -0.4 is 4.74 Å². The van der Waals surface area contributed by atoms with Crippen molar-refractivity contribution in [2.24, 2.45) is 0 Å². The van der Waals surface area contributed by atoms with Crippen molar-refractivity contribution in [1.29, 1.82) is 0 Å². The summed E-state index contributed by atoms with van der Waals surface area (Å²) in [6.45, 7) is 0.909. The first-order chi connectivity index (χ1) is 7.99. The zero-order valence-electron chi connectivity index (χ0n) is 9.77. The molecular weight excluding hydrogens is 246 g/mol. The molecule has 0 aliphatic heterocycles. The first-order valence-corrected chi connectivity index (χ1v) is 6.37. The Labute approximate surface area is 104 Å². The summed E-state index contributed by atoms with van der Waals surface area (Å²) in [5.74, 6) is 0.901. The highest BCUT2D eigenvalue weighted by Crippen LogP contribution is 2.22. The minimum Gasteiger partial charge on any atom is -0.435 e. The van der Waals surface area contributed by atoms with Crippen LogP contribution >= 0.6 is 11.8 Å². The van der Waals surface area contributed by atoms with Gasteiger partial charge in [0.2, 0.25) is 0 Å². The Hall–Kier alpha value is -0.810. The van der Waals surface area contributed by atoms with Gasteiger partial charge in [-0.05, 0) is 24.6 Å². The average Bonchev–Trinajstić information content (AvgIpc) is 2.26. The van der Waals surface area contributed by atoms with E-state index < -0.39 is 6.61 Å². The molecule has 0 amide bonds. The van der Waals surface area contributed by atoms with Crippen molar-refractivity contribution >= 4 is 11.8 Å². The van der Waals surface area contributed by atoms with E-state index in [0.29, 0.717) is 0 Å². The molecule has 1 rings (SSSR count). The van der Waals surface area contributed by atoms with Gasteiger partial charge in [0.25, 0.3) is 0 Å². The fraction of sp³-hybridized carbons (Fsp3) is 0.500. The minimum atomic E-state index is -2.79. The van der Waals surface area contributed by atoms with Crippen molar-refractivity contribution in [3.63, 3.8) is 0 Å². The number of alkyl halides is 2. The smallest absolute Gasteiger partial charge is 0.387 e. The van der Waals surface area contributed by atoms with Gasteiger partial charge < -0.3 is 9.84 Å². The van der Waals surface area contributed by atoms with Gasteiger partial charge in [-0.1, -0.05) is 19.1 Å². The molecule has 5 heteroatoms. The fourth-order valence-electron chi connectivity index (χ4n) is 1.13. The van der Waals surface area contributed by atoms with Crippen LogP contribution in [0.5, 0.6) is 5.75 Å². The molecule has 1 N–H and O–H groups in total. The molecule has 0 bridgehead atoms. The molecule has 2 atom stereocenters. The van der Waals surface area contributed by atoms with E-state index >= 15 is 0 Å². The first-order valence-electron chi connectivity index (χ1n) is 5.32. The number of halogens is 2. The number of aliphatic hydroxyl groups excluding tert-OH is 1. The quantitative estimate of drug-likeness (QED) is 0.853. The summed E-state index contributed by atoms with van der Waals surface area (Å²) in [5, 5.41) is 9.46. The molecule has 0 saturated heterocycles. The van der Waals surface area contributed by atoms with Gasteiger partial charge in [0, 0.05) is 11.0 Å². The summed E-state index contributed by atoms with van der Waals surface area (Å²) >= 11 is 1.62. The molecular formula is C12H16F2O2S. The lowest BCUT2D eigenvalue weighted by atomic mass is 10.2. The Morgan fingerprint density at radius 3 is 2.29 bits per heavy atom. The number of ether oxygens (including phenoxy) is 1. The van der Waals surface area contributed by atoms with Crippen molar-refractivity contribution in [3.8, 4) is 5.75 Å². The molecule has 0 fully saturated rings. The largest absolute Gasteiger partial charge is 0.435 e. The van der Waals surface area contributed by atoms with Gasteiger partial charge in [-0.15, -0.1) is 0 Å². The minimum absolute atomic E-state index is 0.145. The van der Waals surface area contributed by atoms with E-state index in [1.165, 1.54) is 12.1 Å². The number of rotatable bonds is 6. The number of hydrogen-bond donors (Lipinski definition) is 1. The Kier molecular flexibility index (Phi) is 5.71. The van der Waals surface area contributed by atoms with E-state index in [1.54, 1.807) is 30.8 Å². The van der Waals surface area contributed by atoms with Crippen molar-refractivity contribution in [2.45, 2.75) is 37.6 Å². The summed E-state index contributed by atoms with van der Waals surface area (Å²) in [6, 6.07) is 6.54. The first kappa shape index (κ1) is 14.3. The summed E-state index contributed by atoms with van der Waals surface area (Å²) < 4.78 is 28.1. The predicted molar refractivity (Wildman–Crippen MR) is 65.5 cm³/mol. The molecule has 0 radical (unpaired) electrons. The number of hydrogen-bond acceptors (Lipinski definition) is 3. The van der Waals surface area contributed by atoms with Crippen molar-refractivity contribution < 1.29 is 18.6 Å². The topological polar surface area (TPSA) is 29.5 Å². The molecule has 96 valence electrons. The van der Waals surface area contributed by atoms with Crippen LogP contribution in [-0.4, -0.2) is 23.1 Å². The monoisotopic (exact) mass is 262 g/mol. The van der Waals surface area contributed by atoms with E-state index in [2.05, 4.69) is 4.74 Å². The van der Waals surface area contributed by atoms with Crippen LogP contribution in [0.25, 0.3) is 0 Å². The molecule has 0 aliphatic carbocycles. The van der Waals surface area contributed by atoms with Gasteiger partial charge in [0.05, 0.1) is 6.10 Å². The molecule has 17 heavy (non-hydrogen) atoms. The SMILES string of the molecule is C[C@H](O)[C@@H](C)SCc1ccc(OC(F)F)cc1. The van der Waals surface area contributed by atoms with E-state index in [9.17, 15) is 13.9 Å². The lowest BCUT2D eigenvalue weighted by Crippen LogP contribution is -2.15. The lowest BCUT2D eigenvalue weighted by molar-refractivity contribution is -0.0498. The van der Waals surface area contributed by atoms with E-state index in [-0.39, 0.29) is 17.1 Å². The van der Waals surface area contributed by atoms with Gasteiger partial charge >= 0.3 is 6.61 Å². The highest BCUT2D eigenvalue weighted by atomic mass is 32.2. The second-order valence-electron chi connectivity index (χ2n) is 3.78. The maximum Gasteiger partial charge on any atom is 0.387 e. The Morgan fingerprint density at radius 1 is 1.24 bits per heavy atom. The normalized spacial score (nSPS) is 14.7. The van der Waals surface area contributed by atoms with Crippen molar-refractivity contribution in [2.75, 3.05) is 0 Å². The van der Waals surface area contributed by atoms with Crippen molar-refractivity contribution in [1.82, 2.24) is 0 Å². The van der Waals surface area contributed by atoms with Gasteiger partial charge in [0.1, 0.15) is 5.75 Å². The van der Waals surface area contributed by atoms with Gasteiger partial charge in [-0.25, -0.2) is 0 Å². The number of aliphatic hydroxyl groups is 1. The zero-order chi connectivity index (χ0) is 12.8. The molecule has 1 aromatic rings. The molecule has 0 aliphatic rings.